The van der Waals surface area contributed by atoms with Crippen molar-refractivity contribution in [3.05, 3.63) is 18.6 Å². The van der Waals surface area contributed by atoms with Gasteiger partial charge in [0.05, 0.1) is 0 Å². The predicted octanol–water partition coefficient (Wildman–Crippen LogP) is 2.77. The van der Waals surface area contributed by atoms with E-state index in [0.717, 1.165) is 5.57 Å². The summed E-state index contributed by atoms with van der Waals surface area (Å²) >= 11 is 0. The first-order chi connectivity index (χ1) is 3.63. The summed E-state index contributed by atoms with van der Waals surface area (Å²) in [4.78, 5) is 0. The highest BCUT2D eigenvalue weighted by molar-refractivity contribution is 4.89. The second-order valence-electron chi connectivity index (χ2n) is 1.80. The van der Waals surface area contributed by atoms with Crippen LogP contribution < -0.4 is 0 Å². The summed E-state index contributed by atoms with van der Waals surface area (Å²) in [5.41, 5.74) is 0.804. The van der Waals surface area contributed by atoms with E-state index >= 15 is 0 Å². The summed E-state index contributed by atoms with van der Waals surface area (Å²) in [5, 5.41) is 0. The number of hydrogen-bond donors (Lipinski definition) is 0. The van der Waals surface area contributed by atoms with E-state index < -0.39 is 6.43 Å². The minimum atomic E-state index is -1.51. The molecule has 0 N–H and O–H groups in total. The Hall–Kier alpha value is -0.400. The maximum atomic E-state index is 11.3. The molecule has 0 aromatic rings. The van der Waals surface area contributed by atoms with Crippen LogP contribution in [-0.2, 0) is 0 Å². The lowest BCUT2D eigenvalue weighted by atomic mass is 10.2. The second kappa shape index (κ2) is 3.58. The van der Waals surface area contributed by atoms with Crippen molar-refractivity contribution >= 4 is 0 Å². The Labute approximate surface area is 48.2 Å². The number of hydrogen-bond acceptors (Lipinski definition) is 0. The summed E-state index contributed by atoms with van der Waals surface area (Å²) in [5.74, 6) is 0. The van der Waals surface area contributed by atoms with Gasteiger partial charge in [-0.05, 0) is 13.3 Å². The number of allylic oxidation sites excluding steroid dienone is 1. The molecule has 0 spiro atoms. The van der Waals surface area contributed by atoms with Gasteiger partial charge in [-0.1, -0.05) is 5.57 Å². The molecular formula is C6H9F2. The fraction of sp³-hybridized carbons (Fsp3) is 0.500. The van der Waals surface area contributed by atoms with E-state index in [2.05, 4.69) is 6.58 Å². The minimum absolute atomic E-state index is 0.130. The fourth-order valence-corrected chi connectivity index (χ4v) is 0.308. The lowest BCUT2D eigenvalue weighted by Gasteiger charge is -1.93. The topological polar surface area (TPSA) is 0 Å². The fourth-order valence-electron chi connectivity index (χ4n) is 0.308. The molecule has 0 amide bonds. The van der Waals surface area contributed by atoms with E-state index in [1.807, 2.05) is 0 Å². The van der Waals surface area contributed by atoms with Crippen LogP contribution in [0.15, 0.2) is 12.2 Å². The highest BCUT2D eigenvalue weighted by atomic mass is 19.3. The Morgan fingerprint density at radius 3 is 2.00 bits per heavy atom. The van der Waals surface area contributed by atoms with Crippen molar-refractivity contribution in [1.82, 2.24) is 0 Å². The zero-order valence-corrected chi connectivity index (χ0v) is 4.88. The van der Waals surface area contributed by atoms with Crippen molar-refractivity contribution in [3.8, 4) is 0 Å². The van der Waals surface area contributed by atoms with Gasteiger partial charge < -0.3 is 0 Å². The monoisotopic (exact) mass is 119 g/mol. The van der Waals surface area contributed by atoms with Gasteiger partial charge in [0.15, 0.2) is 0 Å². The molecule has 0 fully saturated rings. The quantitative estimate of drug-likeness (QED) is 0.501. The molecule has 0 aromatic heterocycles. The van der Waals surface area contributed by atoms with Gasteiger partial charge in [0.1, 0.15) is 0 Å². The summed E-state index contributed by atoms with van der Waals surface area (Å²) in [6.07, 6.45) is -1.23. The van der Waals surface area contributed by atoms with Crippen LogP contribution in [0, 0.1) is 6.43 Å². The van der Waals surface area contributed by atoms with Crippen LogP contribution in [0.1, 0.15) is 19.8 Å². The molecule has 1 radical (unpaired) electrons. The van der Waals surface area contributed by atoms with Crippen LogP contribution in [0.3, 0.4) is 0 Å². The average Bonchev–Trinajstić information content (AvgIpc) is 1.61. The van der Waals surface area contributed by atoms with Crippen LogP contribution >= 0.6 is 0 Å². The number of rotatable bonds is 3. The Kier molecular flexibility index (Phi) is 3.40. The third kappa shape index (κ3) is 5.60. The molecule has 0 aromatic carbocycles. The summed E-state index contributed by atoms with van der Waals surface area (Å²) < 4.78 is 22.5. The number of halogens is 2. The Morgan fingerprint density at radius 2 is 1.88 bits per heavy atom. The smallest absolute Gasteiger partial charge is 0.200 e. The zero-order chi connectivity index (χ0) is 6.57. The van der Waals surface area contributed by atoms with E-state index in [0.29, 0.717) is 6.42 Å². The van der Waals surface area contributed by atoms with E-state index in [9.17, 15) is 8.78 Å². The molecular weight excluding hydrogens is 110 g/mol. The Morgan fingerprint density at radius 1 is 1.38 bits per heavy atom. The van der Waals surface area contributed by atoms with Gasteiger partial charge in [-0.15, -0.1) is 6.58 Å². The average molecular weight is 119 g/mol. The molecule has 0 heterocycles. The minimum Gasteiger partial charge on any atom is -0.200 e. The van der Waals surface area contributed by atoms with Crippen LogP contribution in [-0.4, -0.2) is 0 Å². The second-order valence-corrected chi connectivity index (χ2v) is 1.80. The van der Waals surface area contributed by atoms with Crippen molar-refractivity contribution in [2.45, 2.75) is 19.8 Å². The van der Waals surface area contributed by atoms with Gasteiger partial charge in [-0.3, -0.25) is 0 Å². The van der Waals surface area contributed by atoms with Gasteiger partial charge >= 0.3 is 6.43 Å². The molecule has 0 saturated heterocycles. The molecule has 0 bridgehead atoms. The molecule has 0 rings (SSSR count). The first-order valence-electron chi connectivity index (χ1n) is 2.44. The van der Waals surface area contributed by atoms with Gasteiger partial charge in [0.25, 0.3) is 0 Å². The lowest BCUT2D eigenvalue weighted by molar-refractivity contribution is 0.270. The molecule has 8 heavy (non-hydrogen) atoms. The van der Waals surface area contributed by atoms with Crippen molar-refractivity contribution in [3.63, 3.8) is 0 Å². The van der Waals surface area contributed by atoms with Crippen LogP contribution in [0.2, 0.25) is 0 Å². The van der Waals surface area contributed by atoms with E-state index in [4.69, 9.17) is 0 Å². The maximum Gasteiger partial charge on any atom is 0.310 e. The first kappa shape index (κ1) is 7.60. The van der Waals surface area contributed by atoms with Crippen molar-refractivity contribution < 1.29 is 8.78 Å². The summed E-state index contributed by atoms with van der Waals surface area (Å²) in [6.45, 7) is 5.22. The van der Waals surface area contributed by atoms with E-state index in [-0.39, 0.29) is 6.42 Å². The van der Waals surface area contributed by atoms with Crippen molar-refractivity contribution in [2.75, 3.05) is 0 Å². The van der Waals surface area contributed by atoms with Crippen molar-refractivity contribution in [2.24, 2.45) is 0 Å². The molecule has 47 valence electrons. The third-order valence-corrected chi connectivity index (χ3v) is 0.741. The summed E-state index contributed by atoms with van der Waals surface area (Å²) in [6, 6.07) is 0. The molecule has 0 aliphatic carbocycles. The predicted molar refractivity (Wildman–Crippen MR) is 29.5 cm³/mol. The molecule has 0 aliphatic heterocycles. The van der Waals surface area contributed by atoms with Gasteiger partial charge in [0, 0.05) is 6.42 Å². The Balaban J connectivity index is 3.05. The van der Waals surface area contributed by atoms with Crippen LogP contribution in [0.25, 0.3) is 0 Å². The summed E-state index contributed by atoms with van der Waals surface area (Å²) in [7, 11) is 0. The third-order valence-electron chi connectivity index (χ3n) is 0.741. The SMILES string of the molecule is C=C(C)CC[C](F)F. The zero-order valence-electron chi connectivity index (χ0n) is 4.88. The molecule has 0 nitrogen and oxygen atoms in total. The largest absolute Gasteiger partial charge is 0.310 e. The standard InChI is InChI=1S/C6H9F2/c1-5(2)3-4-6(7)8/h1,3-4H2,2H3. The highest BCUT2D eigenvalue weighted by Gasteiger charge is 2.02. The maximum absolute atomic E-state index is 11.3. The molecule has 0 saturated carbocycles. The van der Waals surface area contributed by atoms with E-state index in [1.165, 1.54) is 0 Å². The van der Waals surface area contributed by atoms with Gasteiger partial charge in [-0.2, -0.15) is 8.78 Å². The normalized spacial score (nSPS) is 10.0. The van der Waals surface area contributed by atoms with Gasteiger partial charge in [-0.25, -0.2) is 0 Å². The molecule has 2 heteroatoms. The van der Waals surface area contributed by atoms with Crippen LogP contribution in [0.5, 0.6) is 0 Å². The Bertz CT molecular complexity index is 76.6. The molecule has 0 atom stereocenters. The first-order valence-corrected chi connectivity index (χ1v) is 2.44. The molecule has 0 aliphatic rings. The van der Waals surface area contributed by atoms with Crippen molar-refractivity contribution in [1.29, 1.82) is 0 Å². The lowest BCUT2D eigenvalue weighted by Crippen LogP contribution is -1.80. The van der Waals surface area contributed by atoms with Gasteiger partial charge in [0.2, 0.25) is 0 Å². The highest BCUT2D eigenvalue weighted by Crippen LogP contribution is 2.14. The van der Waals surface area contributed by atoms with Crippen LogP contribution in [0.4, 0.5) is 8.78 Å². The molecule has 0 unspecified atom stereocenters. The van der Waals surface area contributed by atoms with E-state index in [1.54, 1.807) is 6.92 Å².